The third-order valence-electron chi connectivity index (χ3n) is 3.23. The van der Waals surface area contributed by atoms with Gasteiger partial charge in [0, 0.05) is 13.8 Å². The maximum absolute atomic E-state index is 11.4. The predicted octanol–water partition coefficient (Wildman–Crippen LogP) is 3.34. The number of hydrogen-bond acceptors (Lipinski definition) is 6. The number of phenolic OH excluding ortho intramolecular Hbond substituents is 2. The lowest BCUT2D eigenvalue weighted by Gasteiger charge is -2.14. The van der Waals surface area contributed by atoms with Crippen LogP contribution in [-0.4, -0.2) is 22.2 Å². The van der Waals surface area contributed by atoms with Crippen molar-refractivity contribution in [2.24, 2.45) is 0 Å². The topological polar surface area (TPSA) is 93.1 Å². The fraction of sp³-hybridized carbons (Fsp3) is 0.158. The number of ether oxygens (including phenoxy) is 2. The fourth-order valence-electron chi connectivity index (χ4n) is 2.13. The maximum atomic E-state index is 11.4. The average Bonchev–Trinajstić information content (AvgIpc) is 2.54. The van der Waals surface area contributed by atoms with Crippen LogP contribution in [0.1, 0.15) is 31.1 Å². The van der Waals surface area contributed by atoms with Gasteiger partial charge in [-0.3, -0.25) is 9.59 Å². The first-order chi connectivity index (χ1) is 11.8. The van der Waals surface area contributed by atoms with Gasteiger partial charge in [0.1, 0.15) is 11.9 Å². The zero-order valence-corrected chi connectivity index (χ0v) is 13.8. The first-order valence-corrected chi connectivity index (χ1v) is 7.51. The molecule has 6 nitrogen and oxygen atoms in total. The van der Waals surface area contributed by atoms with Gasteiger partial charge in [-0.15, -0.1) is 0 Å². The molecule has 0 saturated heterocycles. The number of aromatic hydroxyl groups is 2. The van der Waals surface area contributed by atoms with E-state index in [-0.39, 0.29) is 11.5 Å². The Morgan fingerprint density at radius 1 is 0.960 bits per heavy atom. The molecule has 1 unspecified atom stereocenters. The summed E-state index contributed by atoms with van der Waals surface area (Å²) in [5.41, 5.74) is 1.31. The van der Waals surface area contributed by atoms with Gasteiger partial charge in [-0.2, -0.15) is 0 Å². The molecule has 0 fully saturated rings. The summed E-state index contributed by atoms with van der Waals surface area (Å²) in [6, 6.07) is 10.9. The molecule has 2 N–H and O–H groups in total. The highest BCUT2D eigenvalue weighted by molar-refractivity contribution is 5.69. The number of benzene rings is 2. The Labute approximate surface area is 144 Å². The summed E-state index contributed by atoms with van der Waals surface area (Å²) in [6.45, 7) is 2.62. The Hall–Kier alpha value is -3.28. The van der Waals surface area contributed by atoms with Gasteiger partial charge in [0.05, 0.1) is 0 Å². The number of carbonyl (C=O) groups is 2. The minimum atomic E-state index is -0.653. The van der Waals surface area contributed by atoms with E-state index >= 15 is 0 Å². The van der Waals surface area contributed by atoms with Crippen LogP contribution in [0.3, 0.4) is 0 Å². The van der Waals surface area contributed by atoms with Crippen molar-refractivity contribution < 1.29 is 29.3 Å². The van der Waals surface area contributed by atoms with Crippen molar-refractivity contribution in [1.82, 2.24) is 0 Å². The van der Waals surface area contributed by atoms with Gasteiger partial charge in [-0.05, 0) is 41.5 Å². The van der Waals surface area contributed by atoms with Crippen LogP contribution in [-0.2, 0) is 14.3 Å². The highest BCUT2D eigenvalue weighted by atomic mass is 16.5. The molecule has 130 valence electrons. The fourth-order valence-corrected chi connectivity index (χ4v) is 2.13. The summed E-state index contributed by atoms with van der Waals surface area (Å²) >= 11 is 0. The summed E-state index contributed by atoms with van der Waals surface area (Å²) in [7, 11) is 0. The molecule has 1 atom stereocenters. The highest BCUT2D eigenvalue weighted by Crippen LogP contribution is 2.27. The second-order valence-electron chi connectivity index (χ2n) is 5.30. The molecule has 2 aromatic rings. The van der Waals surface area contributed by atoms with Crippen LogP contribution in [0.5, 0.6) is 17.2 Å². The lowest BCUT2D eigenvalue weighted by molar-refractivity contribution is -0.144. The van der Waals surface area contributed by atoms with E-state index in [1.165, 1.54) is 26.0 Å². The van der Waals surface area contributed by atoms with Crippen LogP contribution < -0.4 is 4.74 Å². The molecule has 0 radical (unpaired) electrons. The standard InChI is InChI=1S/C19H18O6/c1-12(20)24-16-7-5-15(6-8-16)19(25-13(2)21)10-4-14-3-9-17(22)18(23)11-14/h3-11,19,22-23H,1-2H3. The smallest absolute Gasteiger partial charge is 0.308 e. The third-order valence-corrected chi connectivity index (χ3v) is 3.23. The summed E-state index contributed by atoms with van der Waals surface area (Å²) in [5, 5.41) is 18.8. The van der Waals surface area contributed by atoms with Gasteiger partial charge in [-0.25, -0.2) is 0 Å². The predicted molar refractivity (Wildman–Crippen MR) is 91.1 cm³/mol. The molecule has 0 aliphatic carbocycles. The van der Waals surface area contributed by atoms with Crippen LogP contribution >= 0.6 is 0 Å². The summed E-state index contributed by atoms with van der Waals surface area (Å²) in [6.07, 6.45) is 2.65. The first kappa shape index (κ1) is 18.1. The Balaban J connectivity index is 2.23. The van der Waals surface area contributed by atoms with E-state index in [2.05, 4.69) is 0 Å². The molecule has 0 heterocycles. The van der Waals surface area contributed by atoms with Crippen molar-refractivity contribution in [3.05, 3.63) is 59.7 Å². The number of carbonyl (C=O) groups excluding carboxylic acids is 2. The van der Waals surface area contributed by atoms with Crippen LogP contribution in [0, 0.1) is 0 Å². The summed E-state index contributed by atoms with van der Waals surface area (Å²) < 4.78 is 10.3. The molecule has 2 rings (SSSR count). The van der Waals surface area contributed by atoms with E-state index in [0.29, 0.717) is 16.9 Å². The van der Waals surface area contributed by atoms with Gasteiger partial charge >= 0.3 is 11.9 Å². The Morgan fingerprint density at radius 2 is 1.64 bits per heavy atom. The van der Waals surface area contributed by atoms with Crippen LogP contribution in [0.25, 0.3) is 6.08 Å². The first-order valence-electron chi connectivity index (χ1n) is 7.51. The van der Waals surface area contributed by atoms with Crippen molar-refractivity contribution in [2.75, 3.05) is 0 Å². The van der Waals surface area contributed by atoms with E-state index in [1.807, 2.05) is 0 Å². The lowest BCUT2D eigenvalue weighted by Crippen LogP contribution is -2.06. The third kappa shape index (κ3) is 5.39. The van der Waals surface area contributed by atoms with Crippen LogP contribution in [0.4, 0.5) is 0 Å². The molecule has 2 aromatic carbocycles. The molecule has 25 heavy (non-hydrogen) atoms. The van der Waals surface area contributed by atoms with E-state index in [1.54, 1.807) is 42.5 Å². The van der Waals surface area contributed by atoms with Crippen molar-refractivity contribution in [1.29, 1.82) is 0 Å². The van der Waals surface area contributed by atoms with Crippen molar-refractivity contribution in [3.63, 3.8) is 0 Å². The van der Waals surface area contributed by atoms with Gasteiger partial charge in [0.25, 0.3) is 0 Å². The van der Waals surface area contributed by atoms with Crippen LogP contribution in [0.15, 0.2) is 48.5 Å². The van der Waals surface area contributed by atoms with E-state index in [4.69, 9.17) is 9.47 Å². The zero-order valence-electron chi connectivity index (χ0n) is 13.8. The van der Waals surface area contributed by atoms with Crippen molar-refractivity contribution >= 4 is 18.0 Å². The van der Waals surface area contributed by atoms with Crippen LogP contribution in [0.2, 0.25) is 0 Å². The molecule has 0 saturated carbocycles. The molecular weight excluding hydrogens is 324 g/mol. The second kappa shape index (κ2) is 8.01. The van der Waals surface area contributed by atoms with Crippen molar-refractivity contribution in [2.45, 2.75) is 20.0 Å². The molecule has 0 aliphatic rings. The lowest BCUT2D eigenvalue weighted by atomic mass is 10.1. The quantitative estimate of drug-likeness (QED) is 0.492. The average molecular weight is 342 g/mol. The largest absolute Gasteiger partial charge is 0.504 e. The van der Waals surface area contributed by atoms with Gasteiger partial charge in [0.15, 0.2) is 11.5 Å². The monoisotopic (exact) mass is 342 g/mol. The Morgan fingerprint density at radius 3 is 2.20 bits per heavy atom. The minimum Gasteiger partial charge on any atom is -0.504 e. The van der Waals surface area contributed by atoms with Gasteiger partial charge in [0.2, 0.25) is 0 Å². The molecular formula is C19H18O6. The maximum Gasteiger partial charge on any atom is 0.308 e. The van der Waals surface area contributed by atoms with E-state index < -0.39 is 18.0 Å². The normalized spacial score (nSPS) is 11.9. The molecule has 0 aliphatic heterocycles. The SMILES string of the molecule is CC(=O)Oc1ccc(C(C=Cc2ccc(O)c(O)c2)OC(C)=O)cc1. The number of phenols is 2. The number of esters is 2. The number of rotatable bonds is 5. The summed E-state index contributed by atoms with van der Waals surface area (Å²) in [4.78, 5) is 22.3. The van der Waals surface area contributed by atoms with Gasteiger partial charge in [-0.1, -0.05) is 24.3 Å². The second-order valence-corrected chi connectivity index (χ2v) is 5.30. The Kier molecular flexibility index (Phi) is 5.79. The molecule has 6 heteroatoms. The number of hydrogen-bond donors (Lipinski definition) is 2. The molecule has 0 amide bonds. The van der Waals surface area contributed by atoms with E-state index in [9.17, 15) is 19.8 Å². The van der Waals surface area contributed by atoms with E-state index in [0.717, 1.165) is 0 Å². The highest BCUT2D eigenvalue weighted by Gasteiger charge is 2.12. The van der Waals surface area contributed by atoms with Gasteiger partial charge < -0.3 is 19.7 Å². The molecule has 0 bridgehead atoms. The van der Waals surface area contributed by atoms with Crippen molar-refractivity contribution in [3.8, 4) is 17.2 Å². The molecule has 0 spiro atoms. The zero-order chi connectivity index (χ0) is 18.4. The Bertz CT molecular complexity index is 792. The minimum absolute atomic E-state index is 0.213. The summed E-state index contributed by atoms with van der Waals surface area (Å²) in [5.74, 6) is -0.930. The molecule has 0 aromatic heterocycles.